The van der Waals surface area contributed by atoms with Crippen LogP contribution in [0.2, 0.25) is 0 Å². The molecule has 0 aromatic heterocycles. The van der Waals surface area contributed by atoms with Crippen molar-refractivity contribution in [1.29, 1.82) is 0 Å². The average molecular weight is 194 g/mol. The normalized spacial score (nSPS) is 26.5. The monoisotopic (exact) mass is 194 g/mol. The number of aliphatic hydroxyl groups is 2. The van der Waals surface area contributed by atoms with Crippen LogP contribution in [0.5, 0.6) is 0 Å². The molecule has 0 radical (unpaired) electrons. The van der Waals surface area contributed by atoms with Gasteiger partial charge in [0.2, 0.25) is 0 Å². The Bertz CT molecular complexity index is 113. The molecule has 0 spiro atoms. The molecule has 1 aliphatic heterocycles. The van der Waals surface area contributed by atoms with Crippen molar-refractivity contribution in [3.05, 3.63) is 0 Å². The number of thioether (sulfide) groups is 2. The summed E-state index contributed by atoms with van der Waals surface area (Å²) in [5, 5.41) is 18.6. The van der Waals surface area contributed by atoms with Gasteiger partial charge in [0.25, 0.3) is 0 Å². The summed E-state index contributed by atoms with van der Waals surface area (Å²) in [6, 6.07) is 0. The van der Waals surface area contributed by atoms with Crippen molar-refractivity contribution in [3.63, 3.8) is 0 Å². The van der Waals surface area contributed by atoms with Gasteiger partial charge in [-0.15, -0.1) is 23.5 Å². The van der Waals surface area contributed by atoms with Crippen molar-refractivity contribution in [3.8, 4) is 0 Å². The third-order valence-electron chi connectivity index (χ3n) is 1.63. The highest BCUT2D eigenvalue weighted by Gasteiger charge is 2.25. The van der Waals surface area contributed by atoms with Crippen molar-refractivity contribution in [2.75, 3.05) is 11.5 Å². The minimum atomic E-state index is -0.599. The van der Waals surface area contributed by atoms with Gasteiger partial charge in [-0.1, -0.05) is 0 Å². The van der Waals surface area contributed by atoms with Gasteiger partial charge < -0.3 is 10.2 Å². The zero-order valence-electron chi connectivity index (χ0n) is 6.56. The molecule has 2 nitrogen and oxygen atoms in total. The topological polar surface area (TPSA) is 40.5 Å². The predicted octanol–water partition coefficient (Wildman–Crippen LogP) is 0.924. The molecule has 11 heavy (non-hydrogen) atoms. The highest BCUT2D eigenvalue weighted by Crippen LogP contribution is 2.33. The van der Waals surface area contributed by atoms with Gasteiger partial charge in [0.15, 0.2) is 0 Å². The maximum absolute atomic E-state index is 9.46. The average Bonchev–Trinajstić information content (AvgIpc) is 2.05. The SMILES string of the molecule is C[C@H](O)[C@H](O)C1SCCCS1. The maximum atomic E-state index is 9.46. The molecule has 0 aliphatic carbocycles. The Morgan fingerprint density at radius 3 is 2.27 bits per heavy atom. The molecule has 1 fully saturated rings. The Morgan fingerprint density at radius 1 is 1.27 bits per heavy atom. The first kappa shape index (κ1) is 9.71. The number of hydrogen-bond donors (Lipinski definition) is 2. The molecule has 1 rings (SSSR count). The van der Waals surface area contributed by atoms with E-state index in [4.69, 9.17) is 5.11 Å². The summed E-state index contributed by atoms with van der Waals surface area (Å²) in [6.45, 7) is 1.64. The third-order valence-corrected chi connectivity index (χ3v) is 4.71. The number of aliphatic hydroxyl groups excluding tert-OH is 2. The zero-order valence-corrected chi connectivity index (χ0v) is 8.20. The van der Waals surface area contributed by atoms with Crippen LogP contribution in [-0.4, -0.2) is 38.5 Å². The second-order valence-corrected chi connectivity index (χ2v) is 5.49. The molecule has 0 aromatic carbocycles. The molecule has 66 valence electrons. The molecule has 4 heteroatoms. The standard InChI is InChI=1S/C7H14O2S2/c1-5(8)6(9)7-10-3-2-4-11-7/h5-9H,2-4H2,1H3/t5-,6-/m0/s1. The Kier molecular flexibility index (Phi) is 4.06. The fourth-order valence-electron chi connectivity index (χ4n) is 0.931. The van der Waals surface area contributed by atoms with Gasteiger partial charge >= 0.3 is 0 Å². The van der Waals surface area contributed by atoms with E-state index in [0.717, 1.165) is 11.5 Å². The summed E-state index contributed by atoms with van der Waals surface area (Å²) in [5.74, 6) is 2.23. The van der Waals surface area contributed by atoms with Crippen LogP contribution in [0.1, 0.15) is 13.3 Å². The molecule has 2 atom stereocenters. The van der Waals surface area contributed by atoms with E-state index in [9.17, 15) is 5.11 Å². The largest absolute Gasteiger partial charge is 0.391 e. The van der Waals surface area contributed by atoms with Gasteiger partial charge in [-0.05, 0) is 24.9 Å². The van der Waals surface area contributed by atoms with Crippen molar-refractivity contribution in [2.45, 2.75) is 30.1 Å². The van der Waals surface area contributed by atoms with Crippen molar-refractivity contribution in [1.82, 2.24) is 0 Å². The van der Waals surface area contributed by atoms with Gasteiger partial charge in [-0.2, -0.15) is 0 Å². The molecule has 0 aromatic rings. The van der Waals surface area contributed by atoms with E-state index in [1.807, 2.05) is 0 Å². The molecule has 1 heterocycles. The minimum absolute atomic E-state index is 0.184. The molecule has 0 bridgehead atoms. The minimum Gasteiger partial charge on any atom is -0.391 e. The van der Waals surface area contributed by atoms with E-state index in [2.05, 4.69) is 0 Å². The van der Waals surface area contributed by atoms with E-state index in [1.54, 1.807) is 30.4 Å². The van der Waals surface area contributed by atoms with E-state index >= 15 is 0 Å². The number of rotatable bonds is 2. The molecule has 0 unspecified atom stereocenters. The summed E-state index contributed by atoms with van der Waals surface area (Å²) < 4.78 is 0.184. The Labute approximate surface area is 75.8 Å². The third kappa shape index (κ3) is 2.86. The summed E-state index contributed by atoms with van der Waals surface area (Å²) >= 11 is 3.51. The van der Waals surface area contributed by atoms with Crippen LogP contribution in [0.4, 0.5) is 0 Å². The Hall–Kier alpha value is 0.620. The predicted molar refractivity (Wildman–Crippen MR) is 51.0 cm³/mol. The lowest BCUT2D eigenvalue weighted by Gasteiger charge is -2.27. The van der Waals surface area contributed by atoms with Crippen LogP contribution in [0.15, 0.2) is 0 Å². The molecule has 1 saturated heterocycles. The van der Waals surface area contributed by atoms with Crippen LogP contribution in [0, 0.1) is 0 Å². The number of hydrogen-bond acceptors (Lipinski definition) is 4. The van der Waals surface area contributed by atoms with Crippen molar-refractivity contribution >= 4 is 23.5 Å². The lowest BCUT2D eigenvalue weighted by molar-refractivity contribution is 0.0421. The highest BCUT2D eigenvalue weighted by atomic mass is 32.2. The molecular weight excluding hydrogens is 180 g/mol. The Morgan fingerprint density at radius 2 is 1.82 bits per heavy atom. The lowest BCUT2D eigenvalue weighted by atomic mass is 10.3. The summed E-state index contributed by atoms with van der Waals surface area (Å²) in [6.07, 6.45) is 0.0571. The van der Waals surface area contributed by atoms with Gasteiger partial charge in [0.1, 0.15) is 6.10 Å². The lowest BCUT2D eigenvalue weighted by Crippen LogP contribution is -2.33. The maximum Gasteiger partial charge on any atom is 0.101 e. The first-order valence-corrected chi connectivity index (χ1v) is 5.91. The van der Waals surface area contributed by atoms with Crippen LogP contribution in [0.3, 0.4) is 0 Å². The first-order chi connectivity index (χ1) is 5.22. The van der Waals surface area contributed by atoms with Crippen LogP contribution in [-0.2, 0) is 0 Å². The van der Waals surface area contributed by atoms with Crippen LogP contribution in [0.25, 0.3) is 0 Å². The molecular formula is C7H14O2S2. The van der Waals surface area contributed by atoms with E-state index in [1.165, 1.54) is 6.42 Å². The molecule has 0 amide bonds. The summed E-state index contributed by atoms with van der Waals surface area (Å²) in [7, 11) is 0. The van der Waals surface area contributed by atoms with E-state index in [0.29, 0.717) is 0 Å². The molecule has 0 saturated carbocycles. The molecule has 2 N–H and O–H groups in total. The van der Waals surface area contributed by atoms with Crippen LogP contribution >= 0.6 is 23.5 Å². The summed E-state index contributed by atoms with van der Waals surface area (Å²) in [4.78, 5) is 0. The van der Waals surface area contributed by atoms with Gasteiger partial charge in [-0.3, -0.25) is 0 Å². The van der Waals surface area contributed by atoms with Gasteiger partial charge in [-0.25, -0.2) is 0 Å². The Balaban J connectivity index is 2.32. The van der Waals surface area contributed by atoms with E-state index < -0.39 is 12.2 Å². The zero-order chi connectivity index (χ0) is 8.27. The highest BCUT2D eigenvalue weighted by molar-refractivity contribution is 8.17. The van der Waals surface area contributed by atoms with Gasteiger partial charge in [0, 0.05) is 0 Å². The fraction of sp³-hybridized carbons (Fsp3) is 1.00. The van der Waals surface area contributed by atoms with Crippen LogP contribution < -0.4 is 0 Å². The second-order valence-electron chi connectivity index (χ2n) is 2.69. The first-order valence-electron chi connectivity index (χ1n) is 3.81. The smallest absolute Gasteiger partial charge is 0.101 e. The summed E-state index contributed by atoms with van der Waals surface area (Å²) in [5.41, 5.74) is 0. The van der Waals surface area contributed by atoms with Gasteiger partial charge in [0.05, 0.1) is 10.7 Å². The van der Waals surface area contributed by atoms with E-state index in [-0.39, 0.29) is 4.58 Å². The molecule has 1 aliphatic rings. The second kappa shape index (κ2) is 4.60. The van der Waals surface area contributed by atoms with Crippen molar-refractivity contribution in [2.24, 2.45) is 0 Å². The fourth-order valence-corrected chi connectivity index (χ4v) is 4.01. The van der Waals surface area contributed by atoms with Crippen molar-refractivity contribution < 1.29 is 10.2 Å². The quantitative estimate of drug-likeness (QED) is 0.686.